The molecule has 2 heterocycles. The molecule has 22 heavy (non-hydrogen) atoms. The highest BCUT2D eigenvalue weighted by molar-refractivity contribution is 8.00. The van der Waals surface area contributed by atoms with Crippen LogP contribution in [0.1, 0.15) is 13.3 Å². The molecule has 1 aliphatic rings. The minimum absolute atomic E-state index is 0.535. The lowest BCUT2D eigenvalue weighted by molar-refractivity contribution is 0.306. The van der Waals surface area contributed by atoms with E-state index in [1.807, 2.05) is 7.05 Å². The van der Waals surface area contributed by atoms with E-state index >= 15 is 0 Å². The molecule has 1 atom stereocenters. The van der Waals surface area contributed by atoms with E-state index in [-0.39, 0.29) is 0 Å². The number of thioether (sulfide) groups is 1. The molecule has 2 rings (SSSR count). The van der Waals surface area contributed by atoms with Gasteiger partial charge >= 0.3 is 0 Å². The van der Waals surface area contributed by atoms with Gasteiger partial charge in [-0.25, -0.2) is 4.98 Å². The molecule has 7 heteroatoms. The van der Waals surface area contributed by atoms with Crippen molar-refractivity contribution in [3.8, 4) is 5.88 Å². The van der Waals surface area contributed by atoms with E-state index in [9.17, 15) is 0 Å². The van der Waals surface area contributed by atoms with Crippen LogP contribution < -0.4 is 10.1 Å². The molecule has 1 aromatic rings. The zero-order valence-corrected chi connectivity index (χ0v) is 14.7. The number of ether oxygens (including phenoxy) is 1. The monoisotopic (exact) mass is 342 g/mol. The maximum Gasteiger partial charge on any atom is 0.213 e. The topological polar surface area (TPSA) is 49.8 Å². The summed E-state index contributed by atoms with van der Waals surface area (Å²) in [7, 11) is 1.83. The van der Waals surface area contributed by atoms with Crippen LogP contribution in [0.4, 0.5) is 0 Å². The Bertz CT molecular complexity index is 483. The lowest BCUT2D eigenvalue weighted by atomic mass is 10.3. The fraction of sp³-hybridized carbons (Fsp3) is 0.600. The lowest BCUT2D eigenvalue weighted by Crippen LogP contribution is -2.48. The molecular formula is C15H23ClN4OS. The molecule has 0 radical (unpaired) electrons. The summed E-state index contributed by atoms with van der Waals surface area (Å²) in [4.78, 5) is 10.8. The van der Waals surface area contributed by atoms with Crippen LogP contribution in [0.25, 0.3) is 0 Å². The van der Waals surface area contributed by atoms with Crippen molar-refractivity contribution in [1.82, 2.24) is 15.2 Å². The average Bonchev–Trinajstić information content (AvgIpc) is 2.56. The Kier molecular flexibility index (Phi) is 7.12. The zero-order valence-electron chi connectivity index (χ0n) is 13.1. The van der Waals surface area contributed by atoms with Gasteiger partial charge in [-0.3, -0.25) is 4.99 Å². The Balaban J connectivity index is 1.73. The number of hydrogen-bond acceptors (Lipinski definition) is 4. The molecule has 0 bridgehead atoms. The van der Waals surface area contributed by atoms with Crippen LogP contribution in [0, 0.1) is 0 Å². The minimum Gasteiger partial charge on any atom is -0.476 e. The Labute approximate surface area is 141 Å². The summed E-state index contributed by atoms with van der Waals surface area (Å²) >= 11 is 7.84. The molecule has 0 aliphatic carbocycles. The number of guanidine groups is 1. The molecular weight excluding hydrogens is 320 g/mol. The Morgan fingerprint density at radius 2 is 2.45 bits per heavy atom. The van der Waals surface area contributed by atoms with Crippen molar-refractivity contribution in [1.29, 1.82) is 0 Å². The second kappa shape index (κ2) is 9.10. The van der Waals surface area contributed by atoms with Gasteiger partial charge in [0.05, 0.1) is 11.6 Å². The van der Waals surface area contributed by atoms with Crippen LogP contribution in [0.15, 0.2) is 23.3 Å². The smallest absolute Gasteiger partial charge is 0.213 e. The van der Waals surface area contributed by atoms with Crippen LogP contribution in [0.3, 0.4) is 0 Å². The molecule has 1 unspecified atom stereocenters. The predicted molar refractivity (Wildman–Crippen MR) is 94.2 cm³/mol. The Morgan fingerprint density at radius 1 is 1.59 bits per heavy atom. The molecule has 1 aliphatic heterocycles. The van der Waals surface area contributed by atoms with Crippen LogP contribution in [-0.2, 0) is 0 Å². The molecule has 1 aromatic heterocycles. The minimum atomic E-state index is 0.535. The number of pyridine rings is 1. The lowest BCUT2D eigenvalue weighted by Gasteiger charge is -2.34. The first-order valence-corrected chi connectivity index (χ1v) is 8.97. The van der Waals surface area contributed by atoms with Gasteiger partial charge in [-0.15, -0.1) is 0 Å². The van der Waals surface area contributed by atoms with Crippen molar-refractivity contribution in [3.63, 3.8) is 0 Å². The first-order chi connectivity index (χ1) is 10.7. The van der Waals surface area contributed by atoms with E-state index in [0.29, 0.717) is 29.3 Å². The van der Waals surface area contributed by atoms with Crippen LogP contribution in [0.5, 0.6) is 5.88 Å². The van der Waals surface area contributed by atoms with Crippen molar-refractivity contribution in [2.75, 3.05) is 39.0 Å². The van der Waals surface area contributed by atoms with Crippen LogP contribution in [-0.4, -0.2) is 60.1 Å². The maximum atomic E-state index is 5.79. The molecule has 0 aromatic carbocycles. The van der Waals surface area contributed by atoms with Gasteiger partial charge in [0.25, 0.3) is 0 Å². The summed E-state index contributed by atoms with van der Waals surface area (Å²) in [6.45, 7) is 5.57. The fourth-order valence-electron chi connectivity index (χ4n) is 2.26. The number of halogens is 1. The molecule has 1 saturated heterocycles. The molecule has 122 valence electrons. The number of hydrogen-bond donors (Lipinski definition) is 1. The Hall–Kier alpha value is -1.14. The quantitative estimate of drug-likeness (QED) is 0.506. The number of aliphatic imine (C=N–C) groups is 1. The van der Waals surface area contributed by atoms with E-state index in [0.717, 1.165) is 24.8 Å². The molecule has 0 amide bonds. The third kappa shape index (κ3) is 5.25. The number of nitrogens with one attached hydrogen (secondary N) is 1. The number of aromatic nitrogens is 1. The Morgan fingerprint density at radius 3 is 3.14 bits per heavy atom. The molecule has 1 fully saturated rings. The molecule has 0 spiro atoms. The summed E-state index contributed by atoms with van der Waals surface area (Å²) in [5.41, 5.74) is 0. The van der Waals surface area contributed by atoms with Gasteiger partial charge < -0.3 is 15.0 Å². The summed E-state index contributed by atoms with van der Waals surface area (Å²) in [5, 5.41) is 4.66. The van der Waals surface area contributed by atoms with E-state index < -0.39 is 0 Å². The van der Waals surface area contributed by atoms with Gasteiger partial charge in [0, 0.05) is 43.4 Å². The summed E-state index contributed by atoms with van der Waals surface area (Å²) in [6, 6.07) is 3.54. The van der Waals surface area contributed by atoms with Crippen molar-refractivity contribution < 1.29 is 4.74 Å². The van der Waals surface area contributed by atoms with E-state index in [1.165, 1.54) is 6.42 Å². The van der Waals surface area contributed by atoms with Gasteiger partial charge in [-0.05, 0) is 12.5 Å². The highest BCUT2D eigenvalue weighted by Gasteiger charge is 2.21. The van der Waals surface area contributed by atoms with Crippen molar-refractivity contribution in [2.45, 2.75) is 18.6 Å². The zero-order chi connectivity index (χ0) is 15.8. The molecule has 1 N–H and O–H groups in total. The average molecular weight is 343 g/mol. The molecule has 5 nitrogen and oxygen atoms in total. The van der Waals surface area contributed by atoms with E-state index in [1.54, 1.807) is 18.3 Å². The van der Waals surface area contributed by atoms with Crippen molar-refractivity contribution in [2.24, 2.45) is 4.99 Å². The largest absolute Gasteiger partial charge is 0.476 e. The second-order valence-electron chi connectivity index (χ2n) is 4.98. The first-order valence-electron chi connectivity index (χ1n) is 7.54. The standard InChI is InChI=1S/C15H23ClN4OS/c1-3-13-11-20(7-9-22-13)15(17-2)18-6-8-21-14-5-4-12(16)10-19-14/h4-5,10,13H,3,6-9,11H2,1-2H3,(H,17,18). The van der Waals surface area contributed by atoms with Crippen LogP contribution in [0.2, 0.25) is 5.02 Å². The normalized spacial score (nSPS) is 19.1. The summed E-state index contributed by atoms with van der Waals surface area (Å²) in [5.74, 6) is 2.69. The summed E-state index contributed by atoms with van der Waals surface area (Å²) < 4.78 is 5.58. The first kappa shape index (κ1) is 17.2. The van der Waals surface area contributed by atoms with Crippen LogP contribution >= 0.6 is 23.4 Å². The fourth-order valence-corrected chi connectivity index (χ4v) is 3.55. The number of rotatable bonds is 5. The molecule has 0 saturated carbocycles. The van der Waals surface area contributed by atoms with E-state index in [4.69, 9.17) is 16.3 Å². The van der Waals surface area contributed by atoms with Crippen molar-refractivity contribution in [3.05, 3.63) is 23.4 Å². The number of nitrogens with zero attached hydrogens (tertiary/aromatic N) is 3. The SMILES string of the molecule is CCC1CN(C(=NC)NCCOc2ccc(Cl)cn2)CCS1. The highest BCUT2D eigenvalue weighted by atomic mass is 35.5. The second-order valence-corrected chi connectivity index (χ2v) is 6.83. The van der Waals surface area contributed by atoms with E-state index in [2.05, 4.69) is 38.9 Å². The van der Waals surface area contributed by atoms with Gasteiger partial charge in [0.15, 0.2) is 5.96 Å². The third-order valence-electron chi connectivity index (χ3n) is 3.44. The highest BCUT2D eigenvalue weighted by Crippen LogP contribution is 2.20. The van der Waals surface area contributed by atoms with Gasteiger partial charge in [-0.1, -0.05) is 18.5 Å². The maximum absolute atomic E-state index is 5.79. The van der Waals surface area contributed by atoms with Gasteiger partial charge in [-0.2, -0.15) is 11.8 Å². The third-order valence-corrected chi connectivity index (χ3v) is 5.04. The van der Waals surface area contributed by atoms with Crippen molar-refractivity contribution >= 4 is 29.3 Å². The predicted octanol–water partition coefficient (Wildman–Crippen LogP) is 2.52. The van der Waals surface area contributed by atoms with Gasteiger partial charge in [0.2, 0.25) is 5.88 Å². The summed E-state index contributed by atoms with van der Waals surface area (Å²) in [6.07, 6.45) is 2.78. The van der Waals surface area contributed by atoms with Gasteiger partial charge in [0.1, 0.15) is 6.61 Å².